The summed E-state index contributed by atoms with van der Waals surface area (Å²) in [6, 6.07) is 5.13. The van der Waals surface area contributed by atoms with Gasteiger partial charge in [0.25, 0.3) is 0 Å². The lowest BCUT2D eigenvalue weighted by atomic mass is 10.1. The highest BCUT2D eigenvalue weighted by Gasteiger charge is 2.31. The Balaban J connectivity index is 2.19. The lowest BCUT2D eigenvalue weighted by Gasteiger charge is -2.24. The number of carbonyl (C=O) groups excluding carboxylic acids is 1. The second kappa shape index (κ2) is 8.87. The van der Waals surface area contributed by atoms with Gasteiger partial charge in [-0.25, -0.2) is 18.2 Å². The number of hydrogen-bond donors (Lipinski definition) is 1. The molecule has 2 atom stereocenters. The van der Waals surface area contributed by atoms with E-state index in [4.69, 9.17) is 4.74 Å². The highest BCUT2D eigenvalue weighted by Crippen LogP contribution is 2.32. The molecule has 0 bridgehead atoms. The molecule has 0 aliphatic rings. The number of alkyl carbamates (subject to hydrolysis) is 1. The molecule has 150 valence electrons. The van der Waals surface area contributed by atoms with Crippen LogP contribution in [0.3, 0.4) is 0 Å². The lowest BCUT2D eigenvalue weighted by molar-refractivity contribution is 0.111. The van der Waals surface area contributed by atoms with E-state index in [1.54, 1.807) is 20.8 Å². The standard InChI is InChI=1S/C18H25BrN2O4S2/c1-10(2)15(21-18(22)25-11(3)4)9-27(23,24)12(5)17-20-14-7-6-13(19)8-16(14)26-17/h6-8,10-12,15H,9H2,1-5H3,(H,21,22)/t12?,15-/m1/s1. The summed E-state index contributed by atoms with van der Waals surface area (Å²) in [5.74, 6) is -0.225. The van der Waals surface area contributed by atoms with Crippen molar-refractivity contribution in [2.45, 2.75) is 52.0 Å². The van der Waals surface area contributed by atoms with Gasteiger partial charge in [0.1, 0.15) is 10.3 Å². The minimum absolute atomic E-state index is 0.0574. The van der Waals surface area contributed by atoms with Crippen LogP contribution >= 0.6 is 27.3 Å². The molecule has 0 aliphatic heterocycles. The highest BCUT2D eigenvalue weighted by atomic mass is 79.9. The van der Waals surface area contributed by atoms with Crippen LogP contribution in [0.15, 0.2) is 22.7 Å². The summed E-state index contributed by atoms with van der Waals surface area (Å²) in [7, 11) is -3.52. The number of benzene rings is 1. The zero-order valence-electron chi connectivity index (χ0n) is 16.0. The number of halogens is 1. The van der Waals surface area contributed by atoms with Gasteiger partial charge in [0, 0.05) is 10.5 Å². The number of thiazole rings is 1. The molecule has 1 unspecified atom stereocenters. The molecule has 2 aromatic rings. The van der Waals surface area contributed by atoms with Gasteiger partial charge in [-0.3, -0.25) is 0 Å². The Morgan fingerprint density at radius 1 is 1.26 bits per heavy atom. The van der Waals surface area contributed by atoms with Crippen molar-refractivity contribution in [1.82, 2.24) is 10.3 Å². The number of rotatable bonds is 7. The predicted octanol–water partition coefficient (Wildman–Crippen LogP) is 4.69. The molecule has 0 fully saturated rings. The van der Waals surface area contributed by atoms with Gasteiger partial charge in [0.05, 0.1) is 22.1 Å². The maximum Gasteiger partial charge on any atom is 0.407 e. The molecule has 2 rings (SSSR count). The van der Waals surface area contributed by atoms with Crippen LogP contribution in [0.4, 0.5) is 4.79 Å². The van der Waals surface area contributed by atoms with Crippen LogP contribution < -0.4 is 5.32 Å². The molecule has 6 nitrogen and oxygen atoms in total. The molecule has 0 aliphatic carbocycles. The first-order valence-corrected chi connectivity index (χ1v) is 12.1. The summed E-state index contributed by atoms with van der Waals surface area (Å²) >= 11 is 4.79. The van der Waals surface area contributed by atoms with E-state index >= 15 is 0 Å². The number of amides is 1. The van der Waals surface area contributed by atoms with Crippen LogP contribution in [0.25, 0.3) is 10.2 Å². The van der Waals surface area contributed by atoms with Crippen molar-refractivity contribution in [1.29, 1.82) is 0 Å². The SMILES string of the molecule is CC(C)OC(=O)N[C@H](CS(=O)(=O)C(C)c1nc2ccc(Br)cc2s1)C(C)C. The molecule has 27 heavy (non-hydrogen) atoms. The molecule has 1 amide bonds. The molecule has 1 aromatic heterocycles. The Labute approximate surface area is 172 Å². The average molecular weight is 477 g/mol. The van der Waals surface area contributed by atoms with Crippen LogP contribution in [0.1, 0.15) is 44.9 Å². The summed E-state index contributed by atoms with van der Waals surface area (Å²) in [6.45, 7) is 8.87. The molecule has 1 N–H and O–H groups in total. The van der Waals surface area contributed by atoms with E-state index in [0.29, 0.717) is 5.01 Å². The van der Waals surface area contributed by atoms with Crippen LogP contribution in [0.5, 0.6) is 0 Å². The number of aromatic nitrogens is 1. The lowest BCUT2D eigenvalue weighted by Crippen LogP contribution is -2.44. The van der Waals surface area contributed by atoms with Crippen LogP contribution in [0, 0.1) is 5.92 Å². The Morgan fingerprint density at radius 2 is 1.93 bits per heavy atom. The van der Waals surface area contributed by atoms with Gasteiger partial charge >= 0.3 is 6.09 Å². The van der Waals surface area contributed by atoms with Gasteiger partial charge in [-0.05, 0) is 44.9 Å². The Morgan fingerprint density at radius 3 is 2.52 bits per heavy atom. The van der Waals surface area contributed by atoms with E-state index in [1.807, 2.05) is 32.0 Å². The van der Waals surface area contributed by atoms with Crippen molar-refractivity contribution in [3.05, 3.63) is 27.7 Å². The zero-order chi connectivity index (χ0) is 20.4. The van der Waals surface area contributed by atoms with E-state index in [1.165, 1.54) is 11.3 Å². The van der Waals surface area contributed by atoms with E-state index in [9.17, 15) is 13.2 Å². The monoisotopic (exact) mass is 476 g/mol. The predicted molar refractivity (Wildman–Crippen MR) is 113 cm³/mol. The molecular weight excluding hydrogens is 452 g/mol. The van der Waals surface area contributed by atoms with Crippen molar-refractivity contribution in [3.8, 4) is 0 Å². The van der Waals surface area contributed by atoms with E-state index in [2.05, 4.69) is 26.2 Å². The summed E-state index contributed by atoms with van der Waals surface area (Å²) in [4.78, 5) is 16.4. The maximum absolute atomic E-state index is 13.0. The first-order chi connectivity index (χ1) is 12.5. The summed E-state index contributed by atoms with van der Waals surface area (Å²) < 4.78 is 32.9. The number of sulfone groups is 1. The first-order valence-electron chi connectivity index (χ1n) is 8.74. The Bertz CT molecular complexity index is 909. The molecule has 0 saturated heterocycles. The van der Waals surface area contributed by atoms with Crippen molar-refractivity contribution >= 4 is 53.4 Å². The summed E-state index contributed by atoms with van der Waals surface area (Å²) in [5, 5.41) is 2.48. The van der Waals surface area contributed by atoms with Gasteiger partial charge in [-0.1, -0.05) is 29.8 Å². The number of nitrogens with zero attached hydrogens (tertiary/aromatic N) is 1. The normalized spacial score (nSPS) is 14.5. The molecule has 0 radical (unpaired) electrons. The smallest absolute Gasteiger partial charge is 0.407 e. The first kappa shape index (κ1) is 22.1. The van der Waals surface area contributed by atoms with Crippen LogP contribution in [-0.2, 0) is 14.6 Å². The third-order valence-electron chi connectivity index (χ3n) is 4.12. The van der Waals surface area contributed by atoms with Crippen LogP contribution in [-0.4, -0.2) is 37.4 Å². The third-order valence-corrected chi connectivity index (χ3v) is 8.08. The van der Waals surface area contributed by atoms with Crippen LogP contribution in [0.2, 0.25) is 0 Å². The number of ether oxygens (including phenoxy) is 1. The second-order valence-electron chi connectivity index (χ2n) is 7.08. The van der Waals surface area contributed by atoms with E-state index in [-0.39, 0.29) is 17.8 Å². The van der Waals surface area contributed by atoms with E-state index in [0.717, 1.165) is 14.7 Å². The fourth-order valence-electron chi connectivity index (χ4n) is 2.44. The second-order valence-corrected chi connectivity index (χ2v) is 11.4. The molecule has 1 heterocycles. The van der Waals surface area contributed by atoms with Crippen molar-refractivity contribution in [2.75, 3.05) is 5.75 Å². The van der Waals surface area contributed by atoms with E-state index < -0.39 is 27.2 Å². The van der Waals surface area contributed by atoms with Gasteiger partial charge < -0.3 is 10.1 Å². The van der Waals surface area contributed by atoms with Gasteiger partial charge in [-0.2, -0.15) is 0 Å². The molecule has 1 aromatic carbocycles. The summed E-state index contributed by atoms with van der Waals surface area (Å²) in [5.41, 5.74) is 0.777. The quantitative estimate of drug-likeness (QED) is 0.625. The minimum atomic E-state index is -3.52. The number of fused-ring (bicyclic) bond motifs is 1. The number of hydrogen-bond acceptors (Lipinski definition) is 6. The van der Waals surface area contributed by atoms with Crippen molar-refractivity contribution in [3.63, 3.8) is 0 Å². The maximum atomic E-state index is 13.0. The Kier molecular flexibility index (Phi) is 7.27. The van der Waals surface area contributed by atoms with Gasteiger partial charge in [0.15, 0.2) is 9.84 Å². The zero-order valence-corrected chi connectivity index (χ0v) is 19.2. The number of carbonyl (C=O) groups is 1. The van der Waals surface area contributed by atoms with Gasteiger partial charge in [-0.15, -0.1) is 11.3 Å². The minimum Gasteiger partial charge on any atom is -0.447 e. The van der Waals surface area contributed by atoms with Crippen molar-refractivity contribution < 1.29 is 17.9 Å². The number of nitrogens with one attached hydrogen (secondary N) is 1. The molecular formula is C18H25BrN2O4S2. The topological polar surface area (TPSA) is 85.4 Å². The fraction of sp³-hybridized carbons (Fsp3) is 0.556. The Hall–Kier alpha value is -1.19. The average Bonchev–Trinajstić information content (AvgIpc) is 2.95. The molecule has 0 spiro atoms. The fourth-order valence-corrected chi connectivity index (χ4v) is 6.09. The van der Waals surface area contributed by atoms with Crippen molar-refractivity contribution in [2.24, 2.45) is 5.92 Å². The highest BCUT2D eigenvalue weighted by molar-refractivity contribution is 9.10. The van der Waals surface area contributed by atoms with Gasteiger partial charge in [0.2, 0.25) is 0 Å². The molecule has 0 saturated carbocycles. The largest absolute Gasteiger partial charge is 0.447 e. The third kappa shape index (κ3) is 5.89. The molecule has 9 heteroatoms. The summed E-state index contributed by atoms with van der Waals surface area (Å²) in [6.07, 6.45) is -0.869.